The number of primary amides is 1. The lowest BCUT2D eigenvalue weighted by atomic mass is 9.76. The molecule has 0 aliphatic rings. The van der Waals surface area contributed by atoms with Gasteiger partial charge in [0.05, 0.1) is 18.6 Å². The smallest absolute Gasteiger partial charge is 0.311 e. The van der Waals surface area contributed by atoms with Crippen molar-refractivity contribution < 1.29 is 19.1 Å². The predicted molar refractivity (Wildman–Crippen MR) is 169 cm³/mol. The highest BCUT2D eigenvalue weighted by Crippen LogP contribution is 2.36. The van der Waals surface area contributed by atoms with E-state index in [0.29, 0.717) is 12.8 Å². The van der Waals surface area contributed by atoms with Gasteiger partial charge in [-0.05, 0) is 63.9 Å². The number of nitriles is 1. The van der Waals surface area contributed by atoms with E-state index >= 15 is 0 Å². The van der Waals surface area contributed by atoms with Crippen LogP contribution in [0.25, 0.3) is 0 Å². The number of benzene rings is 1. The van der Waals surface area contributed by atoms with E-state index in [2.05, 4.69) is 32.0 Å². The number of ether oxygens (including phenoxy) is 1. The second-order valence-electron chi connectivity index (χ2n) is 12.1. The van der Waals surface area contributed by atoms with Gasteiger partial charge in [-0.2, -0.15) is 5.26 Å². The normalized spacial score (nSPS) is 14.4. The fraction of sp³-hybridized carbons (Fsp3) is 0.706. The molecule has 1 amide bonds. The molecule has 1 aromatic carbocycles. The molecule has 0 fully saturated rings. The predicted octanol–water partition coefficient (Wildman–Crippen LogP) is 8.20. The fourth-order valence-electron chi connectivity index (χ4n) is 5.59. The molecule has 0 spiro atoms. The third-order valence-corrected chi connectivity index (χ3v) is 9.24. The van der Waals surface area contributed by atoms with Crippen molar-refractivity contribution in [3.8, 4) is 6.07 Å². The minimum Gasteiger partial charge on any atom is -0.469 e. The number of nitrogens with zero attached hydrogens (tertiary/aromatic N) is 1. The first-order valence-corrected chi connectivity index (χ1v) is 16.6. The van der Waals surface area contributed by atoms with Gasteiger partial charge in [0.2, 0.25) is 5.91 Å². The number of hydrogen-bond donors (Lipinski definition) is 1. The lowest BCUT2D eigenvalue weighted by Crippen LogP contribution is -2.34. The molecule has 0 aromatic heterocycles. The topological polar surface area (TPSA) is 110 Å². The molecule has 0 saturated carbocycles. The first-order chi connectivity index (χ1) is 19.6. The Kier molecular flexibility index (Phi) is 18.4. The summed E-state index contributed by atoms with van der Waals surface area (Å²) >= 11 is 1.30. The maximum Gasteiger partial charge on any atom is 0.311 e. The second-order valence-corrected chi connectivity index (χ2v) is 13.2. The third-order valence-electron chi connectivity index (χ3n) is 8.13. The molecule has 4 atom stereocenters. The molecule has 0 heterocycles. The molecule has 1 aromatic rings. The van der Waals surface area contributed by atoms with Crippen LogP contribution in [-0.4, -0.2) is 29.9 Å². The van der Waals surface area contributed by atoms with Gasteiger partial charge in [-0.1, -0.05) is 101 Å². The minimum absolute atomic E-state index is 0.0135. The molecule has 1 rings (SSSR count). The Hall–Kier alpha value is -2.33. The molecule has 0 bridgehead atoms. The molecule has 6 nitrogen and oxygen atoms in total. The Morgan fingerprint density at radius 3 is 2.07 bits per heavy atom. The monoisotopic (exact) mass is 586 g/mol. The Morgan fingerprint density at radius 2 is 1.54 bits per heavy atom. The van der Waals surface area contributed by atoms with Crippen molar-refractivity contribution in [1.29, 1.82) is 5.26 Å². The molecule has 230 valence electrons. The van der Waals surface area contributed by atoms with Gasteiger partial charge >= 0.3 is 5.97 Å². The van der Waals surface area contributed by atoms with Gasteiger partial charge < -0.3 is 10.5 Å². The fourth-order valence-corrected chi connectivity index (χ4v) is 6.55. The molecular formula is C34H54N2O4S. The molecule has 0 radical (unpaired) electrons. The van der Waals surface area contributed by atoms with Gasteiger partial charge in [0.15, 0.2) is 5.12 Å². The Labute approximate surface area is 253 Å². The van der Waals surface area contributed by atoms with Gasteiger partial charge in [-0.15, -0.1) is 0 Å². The third kappa shape index (κ3) is 14.4. The van der Waals surface area contributed by atoms with Crippen LogP contribution < -0.4 is 5.73 Å². The Balaban J connectivity index is 2.89. The van der Waals surface area contributed by atoms with Crippen molar-refractivity contribution >= 4 is 28.8 Å². The number of esters is 1. The summed E-state index contributed by atoms with van der Waals surface area (Å²) in [7, 11) is 1.35. The number of amides is 1. The number of carbonyl (C=O) groups is 3. The molecular weight excluding hydrogens is 532 g/mol. The van der Waals surface area contributed by atoms with E-state index in [4.69, 9.17) is 10.5 Å². The quantitative estimate of drug-likeness (QED) is 0.108. The van der Waals surface area contributed by atoms with E-state index in [-0.39, 0.29) is 35.8 Å². The lowest BCUT2D eigenvalue weighted by Gasteiger charge is -2.29. The van der Waals surface area contributed by atoms with Crippen LogP contribution in [0.3, 0.4) is 0 Å². The summed E-state index contributed by atoms with van der Waals surface area (Å²) in [4.78, 5) is 38.6. The molecule has 2 N–H and O–H groups in total. The van der Waals surface area contributed by atoms with Gasteiger partial charge in [-0.25, -0.2) is 0 Å². The maximum atomic E-state index is 13.5. The molecule has 0 saturated heterocycles. The average Bonchev–Trinajstić information content (AvgIpc) is 2.96. The highest BCUT2D eigenvalue weighted by Gasteiger charge is 2.37. The summed E-state index contributed by atoms with van der Waals surface area (Å²) in [5.74, 6) is -1.49. The van der Waals surface area contributed by atoms with Crippen molar-refractivity contribution in [2.75, 3.05) is 12.9 Å². The number of nitrogens with two attached hydrogens (primary N) is 1. The van der Waals surface area contributed by atoms with Crippen molar-refractivity contribution in [3.63, 3.8) is 0 Å². The standard InChI is InChI=1S/C34H54N2O4S/c1-6-8-9-10-11-12-13-17-20-41-32(38)30(24-34(3,4)33(39)40-5)23-29(31(36)37)22-26(25-35)21-27(7-2)28-18-15-14-16-19-28/h14-16,18-19,26-27,29-30H,6-13,17,20-24H2,1-5H3,(H2,36,37). The van der Waals surface area contributed by atoms with Crippen molar-refractivity contribution in [1.82, 2.24) is 0 Å². The number of rotatable bonds is 22. The molecule has 0 aliphatic carbocycles. The summed E-state index contributed by atoms with van der Waals surface area (Å²) in [5.41, 5.74) is 6.15. The van der Waals surface area contributed by atoms with Gasteiger partial charge in [-0.3, -0.25) is 14.4 Å². The van der Waals surface area contributed by atoms with Crippen molar-refractivity contribution in [2.45, 2.75) is 117 Å². The highest BCUT2D eigenvalue weighted by atomic mass is 32.2. The summed E-state index contributed by atoms with van der Waals surface area (Å²) in [6, 6.07) is 12.5. The van der Waals surface area contributed by atoms with E-state index in [1.54, 1.807) is 13.8 Å². The number of unbranched alkanes of at least 4 members (excludes halogenated alkanes) is 7. The van der Waals surface area contributed by atoms with Crippen LogP contribution in [-0.2, 0) is 19.1 Å². The average molecular weight is 587 g/mol. The summed E-state index contributed by atoms with van der Waals surface area (Å²) in [5, 5.41) is 9.98. The number of carbonyl (C=O) groups excluding carboxylic acids is 3. The zero-order valence-corrected chi connectivity index (χ0v) is 27.0. The van der Waals surface area contributed by atoms with Crippen LogP contribution in [0.4, 0.5) is 0 Å². The van der Waals surface area contributed by atoms with E-state index in [1.807, 2.05) is 18.2 Å². The van der Waals surface area contributed by atoms with Crippen LogP contribution in [0.15, 0.2) is 30.3 Å². The summed E-state index contributed by atoms with van der Waals surface area (Å²) in [6.45, 7) is 7.86. The van der Waals surface area contributed by atoms with Crippen LogP contribution in [0, 0.1) is 34.5 Å². The van der Waals surface area contributed by atoms with E-state index in [0.717, 1.165) is 25.0 Å². The summed E-state index contributed by atoms with van der Waals surface area (Å²) in [6.07, 6.45) is 11.9. The number of methoxy groups -OCH3 is 1. The van der Waals surface area contributed by atoms with Crippen LogP contribution in [0.1, 0.15) is 123 Å². The maximum absolute atomic E-state index is 13.5. The highest BCUT2D eigenvalue weighted by molar-refractivity contribution is 8.13. The summed E-state index contributed by atoms with van der Waals surface area (Å²) < 4.78 is 5.00. The van der Waals surface area contributed by atoms with Gasteiger partial charge in [0.1, 0.15) is 0 Å². The first kappa shape index (κ1) is 36.7. The second kappa shape index (κ2) is 20.5. The minimum atomic E-state index is -0.883. The molecule has 4 unspecified atom stereocenters. The first-order valence-electron chi connectivity index (χ1n) is 15.6. The number of hydrogen-bond acceptors (Lipinski definition) is 6. The molecule has 0 aliphatic heterocycles. The van der Waals surface area contributed by atoms with Crippen molar-refractivity contribution in [3.05, 3.63) is 35.9 Å². The van der Waals surface area contributed by atoms with E-state index in [1.165, 1.54) is 63.0 Å². The van der Waals surface area contributed by atoms with Crippen molar-refractivity contribution in [2.24, 2.45) is 28.9 Å². The van der Waals surface area contributed by atoms with Gasteiger partial charge in [0, 0.05) is 23.5 Å². The largest absolute Gasteiger partial charge is 0.469 e. The van der Waals surface area contributed by atoms with E-state index < -0.39 is 23.2 Å². The molecule has 41 heavy (non-hydrogen) atoms. The number of thioether (sulfide) groups is 1. The van der Waals surface area contributed by atoms with Crippen LogP contribution in [0.5, 0.6) is 0 Å². The Bertz CT molecular complexity index is 944. The van der Waals surface area contributed by atoms with Gasteiger partial charge in [0.25, 0.3) is 0 Å². The zero-order valence-electron chi connectivity index (χ0n) is 26.2. The Morgan fingerprint density at radius 1 is 0.927 bits per heavy atom. The molecule has 7 heteroatoms. The van der Waals surface area contributed by atoms with E-state index in [9.17, 15) is 19.6 Å². The zero-order chi connectivity index (χ0) is 30.7. The SMILES string of the molecule is CCCCCCCCCCSC(=O)C(CC(CC(C#N)CC(CC)c1ccccc1)C(N)=O)CC(C)(C)C(=O)OC. The van der Waals surface area contributed by atoms with Crippen LogP contribution in [0.2, 0.25) is 0 Å². The van der Waals surface area contributed by atoms with Crippen LogP contribution >= 0.6 is 11.8 Å². The lowest BCUT2D eigenvalue weighted by molar-refractivity contribution is -0.152.